The first-order valence-corrected chi connectivity index (χ1v) is 11.0. The van der Waals surface area contributed by atoms with E-state index >= 15 is 0 Å². The molecule has 0 N–H and O–H groups in total. The smallest absolute Gasteiger partial charge is 0.266 e. The number of hydrogen-bond donors (Lipinski definition) is 0. The molecule has 6 aromatic heterocycles. The van der Waals surface area contributed by atoms with E-state index in [-0.39, 0.29) is 0 Å². The molecule has 10 nitrogen and oxygen atoms in total. The van der Waals surface area contributed by atoms with Crippen LogP contribution >= 0.6 is 0 Å². The van der Waals surface area contributed by atoms with Gasteiger partial charge in [-0.25, -0.2) is 0 Å². The van der Waals surface area contributed by atoms with Crippen molar-refractivity contribution in [2.24, 2.45) is 0 Å². The molecular weight excluding hydrogens is 456 g/mol. The monoisotopic (exact) mass is 470 g/mol. The maximum atomic E-state index is 5.92. The van der Waals surface area contributed by atoms with Crippen LogP contribution < -0.4 is 0 Å². The molecule has 6 heterocycles. The summed E-state index contributed by atoms with van der Waals surface area (Å²) < 4.78 is 11.8. The molecular formula is C26H14N8O2. The van der Waals surface area contributed by atoms with Gasteiger partial charge in [0.2, 0.25) is 11.8 Å². The maximum absolute atomic E-state index is 5.92. The topological polar surface area (TPSA) is 129 Å². The number of benzene rings is 1. The van der Waals surface area contributed by atoms with Crippen molar-refractivity contribution in [2.45, 2.75) is 0 Å². The average Bonchev–Trinajstić information content (AvgIpc) is 3.64. The van der Waals surface area contributed by atoms with Crippen LogP contribution in [-0.4, -0.2) is 40.3 Å². The lowest BCUT2D eigenvalue weighted by atomic mass is 10.1. The number of pyridine rings is 4. The van der Waals surface area contributed by atoms with Gasteiger partial charge < -0.3 is 8.83 Å². The molecule has 36 heavy (non-hydrogen) atoms. The third kappa shape index (κ3) is 3.53. The van der Waals surface area contributed by atoms with Gasteiger partial charge in [-0.2, -0.15) is 0 Å². The van der Waals surface area contributed by atoms with Crippen LogP contribution in [0.25, 0.3) is 67.6 Å². The highest BCUT2D eigenvalue weighted by Gasteiger charge is 2.16. The van der Waals surface area contributed by atoms with Gasteiger partial charge in [-0.3, -0.25) is 19.9 Å². The van der Waals surface area contributed by atoms with Crippen molar-refractivity contribution in [2.75, 3.05) is 0 Å². The summed E-state index contributed by atoms with van der Waals surface area (Å²) >= 11 is 0. The van der Waals surface area contributed by atoms with Crippen LogP contribution in [0.5, 0.6) is 0 Å². The molecule has 0 fully saturated rings. The Kier molecular flexibility index (Phi) is 4.53. The molecule has 0 aliphatic carbocycles. The molecule has 0 amide bonds. The van der Waals surface area contributed by atoms with Crippen molar-refractivity contribution in [3.63, 3.8) is 0 Å². The zero-order chi connectivity index (χ0) is 23.9. The highest BCUT2D eigenvalue weighted by Crippen LogP contribution is 2.29. The fraction of sp³-hybridized carbons (Fsp3) is 0. The molecule has 7 rings (SSSR count). The minimum Gasteiger partial charge on any atom is -0.415 e. The van der Waals surface area contributed by atoms with E-state index in [0.717, 1.165) is 21.5 Å². The summed E-state index contributed by atoms with van der Waals surface area (Å²) in [5.41, 5.74) is 2.57. The van der Waals surface area contributed by atoms with Gasteiger partial charge in [0.15, 0.2) is 0 Å². The molecule has 0 atom stereocenters. The molecule has 0 bridgehead atoms. The molecule has 0 spiro atoms. The summed E-state index contributed by atoms with van der Waals surface area (Å²) in [7, 11) is 0. The molecule has 170 valence electrons. The van der Waals surface area contributed by atoms with Crippen molar-refractivity contribution in [3.05, 3.63) is 85.7 Å². The van der Waals surface area contributed by atoms with Crippen LogP contribution in [0.2, 0.25) is 0 Å². The van der Waals surface area contributed by atoms with Gasteiger partial charge in [0.05, 0.1) is 0 Å². The third-order valence-electron chi connectivity index (χ3n) is 5.69. The van der Waals surface area contributed by atoms with Gasteiger partial charge in [0.1, 0.15) is 11.4 Å². The Morgan fingerprint density at radius 2 is 0.972 bits per heavy atom. The first-order chi connectivity index (χ1) is 17.8. The predicted octanol–water partition coefficient (Wildman–Crippen LogP) is 5.01. The molecule has 7 aromatic rings. The number of fused-ring (bicyclic) bond motifs is 2. The van der Waals surface area contributed by atoms with E-state index in [1.807, 2.05) is 48.5 Å². The highest BCUT2D eigenvalue weighted by molar-refractivity contribution is 5.84. The SMILES string of the molecule is c1cc(-c2nnc(-c3cc4cnccc4cn3)o2)cc(-c2nnc(-c3cc4cnccc4cn3)o2)c1. The zero-order valence-electron chi connectivity index (χ0n) is 18.5. The molecule has 1 aromatic carbocycles. The Morgan fingerprint density at radius 3 is 1.50 bits per heavy atom. The Bertz CT molecular complexity index is 1740. The van der Waals surface area contributed by atoms with Crippen molar-refractivity contribution in [1.82, 2.24) is 40.3 Å². The van der Waals surface area contributed by atoms with Gasteiger partial charge in [-0.05, 0) is 42.5 Å². The van der Waals surface area contributed by atoms with E-state index in [2.05, 4.69) is 40.3 Å². The summed E-state index contributed by atoms with van der Waals surface area (Å²) in [5, 5.41) is 20.6. The molecule has 0 saturated heterocycles. The fourth-order valence-corrected chi connectivity index (χ4v) is 3.86. The molecule has 0 aliphatic heterocycles. The minimum absolute atomic E-state index is 0.318. The molecule has 10 heteroatoms. The van der Waals surface area contributed by atoms with Crippen LogP contribution in [0.15, 0.2) is 94.5 Å². The Morgan fingerprint density at radius 1 is 0.472 bits per heavy atom. The lowest BCUT2D eigenvalue weighted by Gasteiger charge is -2.00. The number of nitrogens with zero attached hydrogens (tertiary/aromatic N) is 8. The summed E-state index contributed by atoms with van der Waals surface area (Å²) in [6.07, 6.45) is 10.5. The lowest BCUT2D eigenvalue weighted by Crippen LogP contribution is -1.85. The van der Waals surface area contributed by atoms with Gasteiger partial charge >= 0.3 is 0 Å². The Labute approximate surface area is 202 Å². The second kappa shape index (κ2) is 8.13. The summed E-state index contributed by atoms with van der Waals surface area (Å²) in [5.74, 6) is 1.34. The largest absolute Gasteiger partial charge is 0.415 e. The maximum Gasteiger partial charge on any atom is 0.266 e. The van der Waals surface area contributed by atoms with Crippen LogP contribution in [0.3, 0.4) is 0 Å². The first kappa shape index (κ1) is 20.0. The van der Waals surface area contributed by atoms with Gasteiger partial charge in [-0.1, -0.05) is 6.07 Å². The van der Waals surface area contributed by atoms with E-state index < -0.39 is 0 Å². The first-order valence-electron chi connectivity index (χ1n) is 11.0. The van der Waals surface area contributed by atoms with Gasteiger partial charge in [-0.15, -0.1) is 20.4 Å². The molecule has 0 aliphatic rings. The number of aromatic nitrogens is 8. The highest BCUT2D eigenvalue weighted by atomic mass is 16.4. The minimum atomic E-state index is 0.318. The van der Waals surface area contributed by atoms with Crippen molar-refractivity contribution in [3.8, 4) is 46.1 Å². The third-order valence-corrected chi connectivity index (χ3v) is 5.69. The summed E-state index contributed by atoms with van der Waals surface area (Å²) in [4.78, 5) is 17.2. The van der Waals surface area contributed by atoms with Crippen molar-refractivity contribution >= 4 is 21.5 Å². The Balaban J connectivity index is 1.19. The second-order valence-corrected chi connectivity index (χ2v) is 7.99. The Hall–Kier alpha value is -5.38. The van der Waals surface area contributed by atoms with Gasteiger partial charge in [0.25, 0.3) is 11.8 Å². The summed E-state index contributed by atoms with van der Waals surface area (Å²) in [6.45, 7) is 0. The van der Waals surface area contributed by atoms with E-state index in [0.29, 0.717) is 46.1 Å². The van der Waals surface area contributed by atoms with Crippen LogP contribution in [-0.2, 0) is 0 Å². The number of rotatable bonds is 4. The quantitative estimate of drug-likeness (QED) is 0.346. The van der Waals surface area contributed by atoms with E-state index in [1.54, 1.807) is 37.2 Å². The molecule has 0 unspecified atom stereocenters. The molecule has 0 saturated carbocycles. The predicted molar refractivity (Wildman–Crippen MR) is 130 cm³/mol. The normalized spacial score (nSPS) is 11.3. The van der Waals surface area contributed by atoms with Crippen LogP contribution in [0.1, 0.15) is 0 Å². The van der Waals surface area contributed by atoms with Crippen molar-refractivity contribution in [1.29, 1.82) is 0 Å². The molecule has 0 radical (unpaired) electrons. The van der Waals surface area contributed by atoms with Crippen LogP contribution in [0.4, 0.5) is 0 Å². The zero-order valence-corrected chi connectivity index (χ0v) is 18.5. The van der Waals surface area contributed by atoms with Crippen LogP contribution in [0, 0.1) is 0 Å². The standard InChI is InChI=1S/C26H14N8O2/c1-2-15(23-31-33-25(35-23)21-9-19-11-27-6-4-17(19)13-29-21)8-16(3-1)24-32-34-26(36-24)22-10-20-12-28-7-5-18(20)14-30-22/h1-14H. The fourth-order valence-electron chi connectivity index (χ4n) is 3.86. The number of hydrogen-bond acceptors (Lipinski definition) is 10. The van der Waals surface area contributed by atoms with Crippen molar-refractivity contribution < 1.29 is 8.83 Å². The second-order valence-electron chi connectivity index (χ2n) is 7.99. The van der Waals surface area contributed by atoms with E-state index in [9.17, 15) is 0 Å². The van der Waals surface area contributed by atoms with E-state index in [1.165, 1.54) is 0 Å². The summed E-state index contributed by atoms with van der Waals surface area (Å²) in [6, 6.07) is 15.0. The van der Waals surface area contributed by atoms with Gasteiger partial charge in [0, 0.05) is 69.9 Å². The lowest BCUT2D eigenvalue weighted by molar-refractivity contribution is 0.580. The average molecular weight is 470 g/mol. The van der Waals surface area contributed by atoms with E-state index in [4.69, 9.17) is 8.83 Å².